The van der Waals surface area contributed by atoms with Gasteiger partial charge >= 0.3 is 0 Å². The maximum Gasteiger partial charge on any atom is 0.190 e. The van der Waals surface area contributed by atoms with Crippen molar-refractivity contribution < 1.29 is 4.74 Å². The molecular formula is C20H21ClN2O. The Bertz CT molecular complexity index is 798. The summed E-state index contributed by atoms with van der Waals surface area (Å²) < 4.78 is 6.23. The van der Waals surface area contributed by atoms with Crippen molar-refractivity contribution in [3.63, 3.8) is 0 Å². The van der Waals surface area contributed by atoms with Crippen molar-refractivity contribution in [3.05, 3.63) is 64.2 Å². The third-order valence-electron chi connectivity index (χ3n) is 4.74. The molecule has 2 atom stereocenters. The minimum Gasteiger partial charge on any atom is -0.468 e. The first-order valence-electron chi connectivity index (χ1n) is 8.42. The number of rotatable bonds is 2. The number of ether oxygens (including phenoxy) is 1. The first kappa shape index (κ1) is 15.5. The van der Waals surface area contributed by atoms with Crippen LogP contribution >= 0.6 is 11.6 Å². The molecule has 0 saturated carbocycles. The molecule has 2 aromatic carbocycles. The van der Waals surface area contributed by atoms with E-state index in [1.54, 1.807) is 0 Å². The zero-order chi connectivity index (χ0) is 16.8. The van der Waals surface area contributed by atoms with Crippen LogP contribution in [0.5, 0.6) is 5.75 Å². The number of hydrogen-bond donors (Lipinski definition) is 0. The average Bonchev–Trinajstić information content (AvgIpc) is 3.00. The Morgan fingerprint density at radius 2 is 1.92 bits per heavy atom. The van der Waals surface area contributed by atoms with E-state index in [0.717, 1.165) is 28.5 Å². The van der Waals surface area contributed by atoms with E-state index in [2.05, 4.69) is 50.0 Å². The van der Waals surface area contributed by atoms with E-state index < -0.39 is 0 Å². The van der Waals surface area contributed by atoms with E-state index in [9.17, 15) is 0 Å². The van der Waals surface area contributed by atoms with Crippen LogP contribution in [0.25, 0.3) is 0 Å². The SMILES string of the molecule is Cc1ccc(C2=NN3[C@@H](C2)c2cc(Cl)ccc2O[C@H]3C(C)C)cc1. The standard InChI is InChI=1S/C20H21ClN2O/c1-12(2)20-23-18(16-10-15(21)8-9-19(16)24-20)11-17(22-23)14-6-4-13(3)5-7-14/h4-10,12,18,20H,11H2,1-3H3/t18-,20-/m0/s1. The molecule has 0 saturated heterocycles. The Hall–Kier alpha value is -2.00. The summed E-state index contributed by atoms with van der Waals surface area (Å²) in [7, 11) is 0. The van der Waals surface area contributed by atoms with Crippen molar-refractivity contribution in [2.45, 2.75) is 39.5 Å². The van der Waals surface area contributed by atoms with Crippen LogP contribution < -0.4 is 4.74 Å². The molecule has 24 heavy (non-hydrogen) atoms. The van der Waals surface area contributed by atoms with Crippen LogP contribution in [0.1, 0.15) is 43.0 Å². The Morgan fingerprint density at radius 3 is 2.62 bits per heavy atom. The molecule has 124 valence electrons. The summed E-state index contributed by atoms with van der Waals surface area (Å²) in [5.74, 6) is 1.28. The molecule has 0 amide bonds. The van der Waals surface area contributed by atoms with Gasteiger partial charge in [0.2, 0.25) is 0 Å². The smallest absolute Gasteiger partial charge is 0.190 e. The van der Waals surface area contributed by atoms with Gasteiger partial charge in [0.1, 0.15) is 5.75 Å². The minimum absolute atomic E-state index is 0.0494. The van der Waals surface area contributed by atoms with E-state index in [1.807, 2.05) is 18.2 Å². The summed E-state index contributed by atoms with van der Waals surface area (Å²) in [6, 6.07) is 14.6. The molecule has 4 heteroatoms. The van der Waals surface area contributed by atoms with Crippen molar-refractivity contribution in [1.82, 2.24) is 5.01 Å². The van der Waals surface area contributed by atoms with Gasteiger partial charge in [-0.1, -0.05) is 55.3 Å². The van der Waals surface area contributed by atoms with E-state index in [4.69, 9.17) is 21.4 Å². The molecule has 0 bridgehead atoms. The van der Waals surface area contributed by atoms with Crippen LogP contribution in [-0.2, 0) is 0 Å². The molecule has 2 heterocycles. The highest BCUT2D eigenvalue weighted by Crippen LogP contribution is 2.45. The number of benzene rings is 2. The highest BCUT2D eigenvalue weighted by Gasteiger charge is 2.41. The van der Waals surface area contributed by atoms with Gasteiger partial charge in [0.25, 0.3) is 0 Å². The van der Waals surface area contributed by atoms with Gasteiger partial charge in [-0.25, -0.2) is 5.01 Å². The summed E-state index contributed by atoms with van der Waals surface area (Å²) in [6.45, 7) is 6.44. The minimum atomic E-state index is -0.0494. The van der Waals surface area contributed by atoms with Gasteiger partial charge < -0.3 is 4.74 Å². The van der Waals surface area contributed by atoms with E-state index >= 15 is 0 Å². The number of aryl methyl sites for hydroxylation is 1. The fourth-order valence-corrected chi connectivity index (χ4v) is 3.63. The lowest BCUT2D eigenvalue weighted by molar-refractivity contribution is -0.0461. The molecule has 0 unspecified atom stereocenters. The fourth-order valence-electron chi connectivity index (χ4n) is 3.45. The summed E-state index contributed by atoms with van der Waals surface area (Å²) in [4.78, 5) is 0. The molecule has 0 radical (unpaired) electrons. The predicted molar refractivity (Wildman–Crippen MR) is 97.6 cm³/mol. The number of fused-ring (bicyclic) bond motifs is 3. The average molecular weight is 341 g/mol. The Balaban J connectivity index is 1.75. The zero-order valence-electron chi connectivity index (χ0n) is 14.2. The van der Waals surface area contributed by atoms with E-state index in [-0.39, 0.29) is 12.3 Å². The Morgan fingerprint density at radius 1 is 1.17 bits per heavy atom. The predicted octanol–water partition coefficient (Wildman–Crippen LogP) is 5.17. The van der Waals surface area contributed by atoms with Gasteiger partial charge in [-0.15, -0.1) is 0 Å². The molecule has 3 nitrogen and oxygen atoms in total. The van der Waals surface area contributed by atoms with Crippen molar-refractivity contribution in [1.29, 1.82) is 0 Å². The summed E-state index contributed by atoms with van der Waals surface area (Å²) in [5.41, 5.74) is 4.68. The molecule has 0 aromatic heterocycles. The molecule has 0 spiro atoms. The normalized spacial score (nSPS) is 22.0. The highest BCUT2D eigenvalue weighted by molar-refractivity contribution is 6.30. The largest absolute Gasteiger partial charge is 0.468 e. The van der Waals surface area contributed by atoms with Crippen molar-refractivity contribution >= 4 is 17.3 Å². The van der Waals surface area contributed by atoms with Crippen molar-refractivity contribution in [3.8, 4) is 5.75 Å². The number of hydrogen-bond acceptors (Lipinski definition) is 3. The van der Waals surface area contributed by atoms with Crippen LogP contribution in [0.2, 0.25) is 5.02 Å². The van der Waals surface area contributed by atoms with Gasteiger partial charge in [-0.3, -0.25) is 0 Å². The van der Waals surface area contributed by atoms with Gasteiger partial charge in [0.15, 0.2) is 6.23 Å². The topological polar surface area (TPSA) is 24.8 Å². The van der Waals surface area contributed by atoms with Crippen molar-refractivity contribution in [2.75, 3.05) is 0 Å². The number of halogens is 1. The summed E-state index contributed by atoms with van der Waals surface area (Å²) in [5, 5.41) is 7.79. The lowest BCUT2D eigenvalue weighted by Gasteiger charge is -2.40. The third-order valence-corrected chi connectivity index (χ3v) is 4.97. The van der Waals surface area contributed by atoms with Crippen LogP contribution in [-0.4, -0.2) is 16.9 Å². The second kappa shape index (κ2) is 5.82. The molecule has 2 aromatic rings. The van der Waals surface area contributed by atoms with E-state index in [1.165, 1.54) is 11.1 Å². The molecule has 0 aliphatic carbocycles. The van der Waals surface area contributed by atoms with Crippen LogP contribution in [0.3, 0.4) is 0 Å². The van der Waals surface area contributed by atoms with Crippen molar-refractivity contribution in [2.24, 2.45) is 11.0 Å². The van der Waals surface area contributed by atoms with Gasteiger partial charge in [-0.05, 0) is 30.7 Å². The maximum atomic E-state index is 6.23. The number of nitrogens with zero attached hydrogens (tertiary/aromatic N) is 2. The zero-order valence-corrected chi connectivity index (χ0v) is 14.9. The molecule has 0 fully saturated rings. The second-order valence-electron chi connectivity index (χ2n) is 6.95. The molecule has 0 N–H and O–H groups in total. The highest BCUT2D eigenvalue weighted by atomic mass is 35.5. The summed E-state index contributed by atoms with van der Waals surface area (Å²) in [6.07, 6.45) is 0.829. The Labute approximate surface area is 147 Å². The first-order valence-corrected chi connectivity index (χ1v) is 8.79. The Kier molecular flexibility index (Phi) is 3.76. The van der Waals surface area contributed by atoms with Gasteiger partial charge in [0.05, 0.1) is 11.8 Å². The first-order chi connectivity index (χ1) is 11.5. The quantitative estimate of drug-likeness (QED) is 0.753. The van der Waals surface area contributed by atoms with Crippen LogP contribution in [0.15, 0.2) is 47.6 Å². The lowest BCUT2D eigenvalue weighted by Crippen LogP contribution is -2.43. The van der Waals surface area contributed by atoms with Crippen LogP contribution in [0.4, 0.5) is 0 Å². The lowest BCUT2D eigenvalue weighted by atomic mass is 9.95. The molecule has 2 aliphatic heterocycles. The van der Waals surface area contributed by atoms with E-state index in [0.29, 0.717) is 5.92 Å². The molecular weight excluding hydrogens is 320 g/mol. The van der Waals surface area contributed by atoms with Gasteiger partial charge in [0, 0.05) is 22.9 Å². The van der Waals surface area contributed by atoms with Crippen LogP contribution in [0, 0.1) is 12.8 Å². The van der Waals surface area contributed by atoms with Gasteiger partial charge in [-0.2, -0.15) is 5.10 Å². The number of hydrazone groups is 1. The third kappa shape index (κ3) is 2.57. The second-order valence-corrected chi connectivity index (χ2v) is 7.38. The summed E-state index contributed by atoms with van der Waals surface area (Å²) >= 11 is 6.23. The fraction of sp³-hybridized carbons (Fsp3) is 0.350. The monoisotopic (exact) mass is 340 g/mol. The maximum absolute atomic E-state index is 6.23. The molecule has 4 rings (SSSR count). The molecule has 2 aliphatic rings.